The molecule has 27 heavy (non-hydrogen) atoms. The molecule has 8 nitrogen and oxygen atoms in total. The van der Waals surface area contributed by atoms with Crippen LogP contribution >= 0.6 is 0 Å². The Labute approximate surface area is 156 Å². The highest BCUT2D eigenvalue weighted by Gasteiger charge is 2.26. The molecule has 0 saturated heterocycles. The van der Waals surface area contributed by atoms with Crippen molar-refractivity contribution in [3.05, 3.63) is 54.3 Å². The van der Waals surface area contributed by atoms with Crippen molar-refractivity contribution in [1.82, 2.24) is 24.7 Å². The molecule has 0 saturated carbocycles. The lowest BCUT2D eigenvalue weighted by molar-refractivity contribution is 0.311. The van der Waals surface area contributed by atoms with Crippen LogP contribution in [0.25, 0.3) is 16.9 Å². The van der Waals surface area contributed by atoms with E-state index in [2.05, 4.69) is 25.5 Å². The van der Waals surface area contributed by atoms with Crippen LogP contribution in [0.3, 0.4) is 0 Å². The van der Waals surface area contributed by atoms with Crippen molar-refractivity contribution in [3.63, 3.8) is 0 Å². The summed E-state index contributed by atoms with van der Waals surface area (Å²) >= 11 is 0. The maximum Gasteiger partial charge on any atom is 0.233 e. The van der Waals surface area contributed by atoms with Crippen molar-refractivity contribution in [2.24, 2.45) is 5.73 Å². The lowest BCUT2D eigenvalue weighted by atomic mass is 9.94. The number of nitrogens with one attached hydrogen (secondary N) is 1. The van der Waals surface area contributed by atoms with Crippen molar-refractivity contribution in [3.8, 4) is 11.4 Å². The number of nitrogens with two attached hydrogens (primary N) is 1. The lowest BCUT2D eigenvalue weighted by Crippen LogP contribution is -2.28. The summed E-state index contributed by atoms with van der Waals surface area (Å²) in [6.07, 6.45) is 3.44. The summed E-state index contributed by atoms with van der Waals surface area (Å²) in [4.78, 5) is 8.89. The van der Waals surface area contributed by atoms with Gasteiger partial charge < -0.3 is 15.6 Å². The molecule has 0 radical (unpaired) electrons. The number of nitrogens with zero attached hydrogens (tertiary/aromatic N) is 5. The molecular formula is C19H21N7O. The number of aryl methyl sites for hydroxylation is 1. The van der Waals surface area contributed by atoms with E-state index in [4.69, 9.17) is 10.3 Å². The summed E-state index contributed by atoms with van der Waals surface area (Å²) in [7, 11) is 0. The van der Waals surface area contributed by atoms with Crippen LogP contribution in [0.15, 0.2) is 47.4 Å². The molecule has 0 aliphatic rings. The van der Waals surface area contributed by atoms with E-state index in [1.165, 1.54) is 6.33 Å². The van der Waals surface area contributed by atoms with E-state index < -0.39 is 0 Å². The van der Waals surface area contributed by atoms with Gasteiger partial charge in [0.15, 0.2) is 5.82 Å². The maximum absolute atomic E-state index is 5.79. The third kappa shape index (κ3) is 3.15. The van der Waals surface area contributed by atoms with Gasteiger partial charge in [-0.15, -0.1) is 0 Å². The van der Waals surface area contributed by atoms with Crippen molar-refractivity contribution in [2.75, 3.05) is 11.9 Å². The molecule has 1 aromatic carbocycles. The summed E-state index contributed by atoms with van der Waals surface area (Å²) in [5, 5.41) is 11.7. The molecule has 0 aliphatic heterocycles. The van der Waals surface area contributed by atoms with Gasteiger partial charge in [0.1, 0.15) is 11.8 Å². The Balaban J connectivity index is 1.66. The molecule has 138 valence electrons. The molecule has 0 atom stereocenters. The maximum atomic E-state index is 5.79. The molecule has 4 aromatic rings. The second-order valence-corrected chi connectivity index (χ2v) is 7.12. The predicted octanol–water partition coefficient (Wildman–Crippen LogP) is 3.07. The number of fused-ring (bicyclic) bond motifs is 1. The summed E-state index contributed by atoms with van der Waals surface area (Å²) in [5.41, 5.74) is 9.19. The lowest BCUT2D eigenvalue weighted by Gasteiger charge is -2.15. The van der Waals surface area contributed by atoms with Crippen molar-refractivity contribution < 1.29 is 4.52 Å². The number of hydrogen-bond acceptors (Lipinski definition) is 7. The fraction of sp³-hybridized carbons (Fsp3) is 0.263. The fourth-order valence-electron chi connectivity index (χ4n) is 2.78. The Morgan fingerprint density at radius 3 is 2.93 bits per heavy atom. The quantitative estimate of drug-likeness (QED) is 0.561. The smallest absolute Gasteiger partial charge is 0.233 e. The number of benzene rings is 1. The standard InChI is InChI=1S/C19H21N7O/c1-12-7-8-26-15(12)17(21-11-22-26)23-14-6-4-5-13(9-14)16-24-18(27-25-16)19(2,3)10-20/h4-9,11H,10,20H2,1-3H3,(H,21,22,23). The average Bonchev–Trinajstić information content (AvgIpc) is 3.31. The number of hydrogen-bond donors (Lipinski definition) is 2. The Hall–Kier alpha value is -3.26. The van der Waals surface area contributed by atoms with E-state index >= 15 is 0 Å². The van der Waals surface area contributed by atoms with Gasteiger partial charge >= 0.3 is 0 Å². The molecule has 0 aliphatic carbocycles. The third-order valence-corrected chi connectivity index (χ3v) is 4.55. The second kappa shape index (κ2) is 6.48. The van der Waals surface area contributed by atoms with Gasteiger partial charge in [-0.25, -0.2) is 9.50 Å². The zero-order valence-corrected chi connectivity index (χ0v) is 15.5. The highest BCUT2D eigenvalue weighted by Crippen LogP contribution is 2.27. The first-order valence-corrected chi connectivity index (χ1v) is 8.68. The minimum Gasteiger partial charge on any atom is -0.338 e. The largest absolute Gasteiger partial charge is 0.338 e. The van der Waals surface area contributed by atoms with Crippen molar-refractivity contribution in [2.45, 2.75) is 26.2 Å². The zero-order chi connectivity index (χ0) is 19.0. The normalized spacial score (nSPS) is 11.9. The molecule has 3 N–H and O–H groups in total. The van der Waals surface area contributed by atoms with Crippen LogP contribution in [0.5, 0.6) is 0 Å². The van der Waals surface area contributed by atoms with E-state index in [1.54, 1.807) is 4.52 Å². The van der Waals surface area contributed by atoms with Crippen molar-refractivity contribution in [1.29, 1.82) is 0 Å². The SMILES string of the molecule is Cc1ccn2ncnc(Nc3cccc(-c4noc(C(C)(C)CN)n4)c3)c12. The van der Waals surface area contributed by atoms with Crippen LogP contribution in [-0.2, 0) is 5.41 Å². The summed E-state index contributed by atoms with van der Waals surface area (Å²) in [6, 6.07) is 9.80. The number of anilines is 2. The van der Waals surface area contributed by atoms with Gasteiger partial charge in [0.25, 0.3) is 0 Å². The van der Waals surface area contributed by atoms with Crippen LogP contribution in [0, 0.1) is 6.92 Å². The Morgan fingerprint density at radius 2 is 2.11 bits per heavy atom. The van der Waals surface area contributed by atoms with Gasteiger partial charge in [-0.05, 0) is 44.5 Å². The minimum atomic E-state index is -0.361. The zero-order valence-electron chi connectivity index (χ0n) is 15.5. The van der Waals surface area contributed by atoms with Gasteiger partial charge in [0.05, 0.1) is 5.41 Å². The van der Waals surface area contributed by atoms with E-state index in [0.717, 1.165) is 28.1 Å². The van der Waals surface area contributed by atoms with E-state index in [1.807, 2.05) is 57.3 Å². The molecule has 0 amide bonds. The number of rotatable bonds is 5. The molecule has 0 bridgehead atoms. The van der Waals surface area contributed by atoms with Crippen LogP contribution in [0.4, 0.5) is 11.5 Å². The van der Waals surface area contributed by atoms with Crippen LogP contribution in [0.2, 0.25) is 0 Å². The van der Waals surface area contributed by atoms with Crippen LogP contribution < -0.4 is 11.1 Å². The molecule has 3 aromatic heterocycles. The predicted molar refractivity (Wildman–Crippen MR) is 103 cm³/mol. The molecule has 0 spiro atoms. The molecule has 4 rings (SSSR count). The molecule has 3 heterocycles. The molecule has 0 fully saturated rings. The van der Waals surface area contributed by atoms with E-state index in [-0.39, 0.29) is 5.41 Å². The third-order valence-electron chi connectivity index (χ3n) is 4.55. The van der Waals surface area contributed by atoms with Crippen LogP contribution in [-0.4, -0.2) is 31.3 Å². The highest BCUT2D eigenvalue weighted by molar-refractivity contribution is 5.77. The highest BCUT2D eigenvalue weighted by atomic mass is 16.5. The first-order valence-electron chi connectivity index (χ1n) is 8.68. The van der Waals surface area contributed by atoms with Crippen LogP contribution in [0.1, 0.15) is 25.3 Å². The molecule has 0 unspecified atom stereocenters. The fourth-order valence-corrected chi connectivity index (χ4v) is 2.78. The molecule has 8 heteroatoms. The Bertz CT molecular complexity index is 1100. The Kier molecular flexibility index (Phi) is 4.12. The van der Waals surface area contributed by atoms with Gasteiger partial charge in [0.2, 0.25) is 11.7 Å². The average molecular weight is 363 g/mol. The van der Waals surface area contributed by atoms with Gasteiger partial charge in [-0.1, -0.05) is 17.3 Å². The van der Waals surface area contributed by atoms with E-state index in [0.29, 0.717) is 18.3 Å². The van der Waals surface area contributed by atoms with E-state index in [9.17, 15) is 0 Å². The summed E-state index contributed by atoms with van der Waals surface area (Å²) in [6.45, 7) is 6.40. The monoisotopic (exact) mass is 363 g/mol. The second-order valence-electron chi connectivity index (χ2n) is 7.12. The first-order chi connectivity index (χ1) is 13.0. The first kappa shape index (κ1) is 17.2. The summed E-state index contributed by atoms with van der Waals surface area (Å²) in [5.74, 6) is 1.80. The number of aromatic nitrogens is 5. The summed E-state index contributed by atoms with van der Waals surface area (Å²) < 4.78 is 7.21. The Morgan fingerprint density at radius 1 is 1.26 bits per heavy atom. The minimum absolute atomic E-state index is 0.361. The molecular weight excluding hydrogens is 342 g/mol. The van der Waals surface area contributed by atoms with Gasteiger partial charge in [-0.2, -0.15) is 10.1 Å². The van der Waals surface area contributed by atoms with Gasteiger partial charge in [0, 0.05) is 24.0 Å². The van der Waals surface area contributed by atoms with Crippen molar-refractivity contribution >= 4 is 17.0 Å². The van der Waals surface area contributed by atoms with Gasteiger partial charge in [-0.3, -0.25) is 0 Å². The topological polar surface area (TPSA) is 107 Å².